The highest BCUT2D eigenvalue weighted by Crippen LogP contribution is 2.29. The van der Waals surface area contributed by atoms with Crippen molar-refractivity contribution in [2.45, 2.75) is 42.7 Å². The van der Waals surface area contributed by atoms with Gasteiger partial charge in [-0.05, 0) is 57.3 Å². The Hall–Kier alpha value is -2.20. The van der Waals surface area contributed by atoms with Gasteiger partial charge in [0, 0.05) is 28.7 Å². The Kier molecular flexibility index (Phi) is 8.33. The van der Waals surface area contributed by atoms with Crippen LogP contribution >= 0.6 is 11.6 Å². The lowest BCUT2D eigenvalue weighted by atomic mass is 10.0. The number of ether oxygens (including phenoxy) is 1. The van der Waals surface area contributed by atoms with Crippen LogP contribution in [0.25, 0.3) is 0 Å². The molecule has 0 saturated heterocycles. The van der Waals surface area contributed by atoms with Crippen molar-refractivity contribution in [1.82, 2.24) is 14.9 Å². The first-order valence-electron chi connectivity index (χ1n) is 10.7. The summed E-state index contributed by atoms with van der Waals surface area (Å²) < 4.78 is 48.3. The summed E-state index contributed by atoms with van der Waals surface area (Å²) in [4.78, 5) is 14.5. The van der Waals surface area contributed by atoms with Crippen LogP contribution < -0.4 is 14.8 Å². The fourth-order valence-corrected chi connectivity index (χ4v) is 5.81. The minimum absolute atomic E-state index is 0.0704. The molecule has 0 radical (unpaired) electrons. The molecule has 3 rings (SSSR count). The van der Waals surface area contributed by atoms with Crippen LogP contribution in [0.1, 0.15) is 47.6 Å². The van der Waals surface area contributed by atoms with Gasteiger partial charge in [-0.2, -0.15) is 0 Å². The van der Waals surface area contributed by atoms with Crippen molar-refractivity contribution in [3.8, 4) is 5.75 Å². The van der Waals surface area contributed by atoms with Crippen molar-refractivity contribution in [2.75, 3.05) is 27.7 Å². The second-order valence-electron chi connectivity index (χ2n) is 8.29. The molecule has 1 aliphatic carbocycles. The minimum atomic E-state index is -3.87. The molecule has 1 atom stereocenters. The van der Waals surface area contributed by atoms with Crippen LogP contribution in [0.3, 0.4) is 0 Å². The Morgan fingerprint density at radius 3 is 2.55 bits per heavy atom. The molecule has 0 unspecified atom stereocenters. The highest BCUT2D eigenvalue weighted by atomic mass is 35.5. The third kappa shape index (κ3) is 6.03. The fourth-order valence-electron chi connectivity index (χ4n) is 4.02. The summed E-state index contributed by atoms with van der Waals surface area (Å²) >= 11 is 6.21. The van der Waals surface area contributed by atoms with Crippen molar-refractivity contribution >= 4 is 27.5 Å². The molecule has 1 fully saturated rings. The topological polar surface area (TPSA) is 87.7 Å². The summed E-state index contributed by atoms with van der Waals surface area (Å²) in [7, 11) is 1.02. The molecule has 2 N–H and O–H groups in total. The van der Waals surface area contributed by atoms with E-state index in [0.717, 1.165) is 25.7 Å². The Labute approximate surface area is 199 Å². The molecule has 180 valence electrons. The smallest absolute Gasteiger partial charge is 0.251 e. The number of benzene rings is 2. The summed E-state index contributed by atoms with van der Waals surface area (Å²) in [6, 6.07) is 8.03. The Balaban J connectivity index is 1.81. The fraction of sp³-hybridized carbons (Fsp3) is 0.435. The van der Waals surface area contributed by atoms with Gasteiger partial charge in [0.2, 0.25) is 10.0 Å². The number of amides is 1. The number of hydrogen-bond donors (Lipinski definition) is 2. The molecule has 1 amide bonds. The number of methoxy groups -OCH3 is 1. The van der Waals surface area contributed by atoms with E-state index in [1.54, 1.807) is 25.1 Å². The quantitative estimate of drug-likeness (QED) is 0.551. The zero-order chi connectivity index (χ0) is 24.2. The van der Waals surface area contributed by atoms with Crippen LogP contribution in [0, 0.1) is 5.82 Å². The SMILES string of the molecule is COc1ccc(C(=O)NC[C@H](c2c(F)cccc2Cl)N(C)C)cc1S(=O)(=O)NC1CCCC1. The summed E-state index contributed by atoms with van der Waals surface area (Å²) in [5, 5.41) is 3.02. The largest absolute Gasteiger partial charge is 0.495 e. The standard InChI is InChI=1S/C23H29ClFN3O4S/c1-28(2)19(22-17(24)9-6-10-18(22)25)14-26-23(29)15-11-12-20(32-3)21(13-15)33(30,31)27-16-7-4-5-8-16/h6,9-13,16,19,27H,4-5,7-8,14H2,1-3H3,(H,26,29)/t19-/m1/s1. The van der Waals surface area contributed by atoms with Crippen LogP contribution in [-0.4, -0.2) is 53.0 Å². The van der Waals surface area contributed by atoms with Crippen LogP contribution in [0.4, 0.5) is 4.39 Å². The molecule has 0 bridgehead atoms. The summed E-state index contributed by atoms with van der Waals surface area (Å²) in [5.41, 5.74) is 0.433. The van der Waals surface area contributed by atoms with Crippen LogP contribution in [0.5, 0.6) is 5.75 Å². The summed E-state index contributed by atoms with van der Waals surface area (Å²) in [6.07, 6.45) is 3.52. The molecule has 0 heterocycles. The number of hydrogen-bond acceptors (Lipinski definition) is 5. The van der Waals surface area contributed by atoms with E-state index in [2.05, 4.69) is 10.0 Å². The van der Waals surface area contributed by atoms with Gasteiger partial charge in [0.15, 0.2) is 0 Å². The molecular formula is C23H29ClFN3O4S. The molecule has 0 aromatic heterocycles. The lowest BCUT2D eigenvalue weighted by Gasteiger charge is -2.26. The average Bonchev–Trinajstić information content (AvgIpc) is 3.27. The normalized spacial score (nSPS) is 15.6. The van der Waals surface area contributed by atoms with Gasteiger partial charge in [-0.25, -0.2) is 17.5 Å². The number of likely N-dealkylation sites (N-methyl/N-ethyl adjacent to an activating group) is 1. The van der Waals surface area contributed by atoms with Crippen molar-refractivity contribution in [3.05, 3.63) is 58.4 Å². The molecule has 0 spiro atoms. The van der Waals surface area contributed by atoms with Gasteiger partial charge in [-0.15, -0.1) is 0 Å². The predicted octanol–water partition coefficient (Wildman–Crippen LogP) is 3.74. The first-order chi connectivity index (χ1) is 15.6. The Morgan fingerprint density at radius 2 is 1.94 bits per heavy atom. The van der Waals surface area contributed by atoms with E-state index >= 15 is 0 Å². The highest BCUT2D eigenvalue weighted by Gasteiger charge is 2.27. The van der Waals surface area contributed by atoms with Crippen molar-refractivity contribution in [2.24, 2.45) is 0 Å². The second-order valence-corrected chi connectivity index (χ2v) is 10.4. The third-order valence-electron chi connectivity index (χ3n) is 5.80. The van der Waals surface area contributed by atoms with Gasteiger partial charge in [0.1, 0.15) is 16.5 Å². The van der Waals surface area contributed by atoms with E-state index < -0.39 is 27.8 Å². The second kappa shape index (κ2) is 10.8. The zero-order valence-corrected chi connectivity index (χ0v) is 20.5. The molecule has 1 aliphatic rings. The number of nitrogens with one attached hydrogen (secondary N) is 2. The molecule has 0 aliphatic heterocycles. The first-order valence-corrected chi connectivity index (χ1v) is 12.6. The molecule has 7 nitrogen and oxygen atoms in total. The number of sulfonamides is 1. The van der Waals surface area contributed by atoms with Gasteiger partial charge in [-0.1, -0.05) is 30.5 Å². The van der Waals surface area contributed by atoms with E-state index in [4.69, 9.17) is 16.3 Å². The zero-order valence-electron chi connectivity index (χ0n) is 18.9. The molecule has 33 heavy (non-hydrogen) atoms. The van der Waals surface area contributed by atoms with E-state index in [-0.39, 0.29) is 39.4 Å². The van der Waals surface area contributed by atoms with Crippen molar-refractivity contribution < 1.29 is 22.3 Å². The highest BCUT2D eigenvalue weighted by molar-refractivity contribution is 7.89. The maximum atomic E-state index is 14.4. The van der Waals surface area contributed by atoms with E-state index in [9.17, 15) is 17.6 Å². The monoisotopic (exact) mass is 497 g/mol. The van der Waals surface area contributed by atoms with Gasteiger partial charge in [0.25, 0.3) is 5.91 Å². The van der Waals surface area contributed by atoms with Crippen LogP contribution in [0.2, 0.25) is 5.02 Å². The number of nitrogens with zero attached hydrogens (tertiary/aromatic N) is 1. The molecule has 2 aromatic carbocycles. The number of carbonyl (C=O) groups is 1. The van der Waals surface area contributed by atoms with Crippen LogP contribution in [0.15, 0.2) is 41.3 Å². The van der Waals surface area contributed by atoms with E-state index in [1.807, 2.05) is 0 Å². The van der Waals surface area contributed by atoms with Gasteiger partial charge in [0.05, 0.1) is 13.2 Å². The summed E-state index contributed by atoms with van der Waals surface area (Å²) in [5.74, 6) is -0.804. The van der Waals surface area contributed by atoms with Crippen molar-refractivity contribution in [3.63, 3.8) is 0 Å². The van der Waals surface area contributed by atoms with Gasteiger partial charge >= 0.3 is 0 Å². The third-order valence-corrected chi connectivity index (χ3v) is 7.68. The van der Waals surface area contributed by atoms with Gasteiger partial charge < -0.3 is 15.0 Å². The van der Waals surface area contributed by atoms with E-state index in [0.29, 0.717) is 0 Å². The van der Waals surface area contributed by atoms with Crippen LogP contribution in [-0.2, 0) is 10.0 Å². The minimum Gasteiger partial charge on any atom is -0.495 e. The average molecular weight is 498 g/mol. The molecule has 1 saturated carbocycles. The van der Waals surface area contributed by atoms with E-state index in [1.165, 1.54) is 37.4 Å². The maximum absolute atomic E-state index is 14.4. The van der Waals surface area contributed by atoms with Crippen molar-refractivity contribution in [1.29, 1.82) is 0 Å². The lowest BCUT2D eigenvalue weighted by Crippen LogP contribution is -2.35. The lowest BCUT2D eigenvalue weighted by molar-refractivity contribution is 0.0941. The summed E-state index contributed by atoms with van der Waals surface area (Å²) in [6.45, 7) is 0.0704. The maximum Gasteiger partial charge on any atom is 0.251 e. The first kappa shape index (κ1) is 25.4. The molecule has 2 aromatic rings. The Bertz CT molecular complexity index is 1080. The predicted molar refractivity (Wildman–Crippen MR) is 126 cm³/mol. The number of halogens is 2. The number of carbonyl (C=O) groups excluding carboxylic acids is 1. The number of rotatable bonds is 9. The van der Waals surface area contributed by atoms with Gasteiger partial charge in [-0.3, -0.25) is 4.79 Å². The molecule has 10 heteroatoms. The molecular weight excluding hydrogens is 469 g/mol. The Morgan fingerprint density at radius 1 is 1.24 bits per heavy atom.